The smallest absolute Gasteiger partial charge is 0.328 e. The second-order valence-corrected chi connectivity index (χ2v) is 5.58. The Bertz CT molecular complexity index is 452. The Kier molecular flexibility index (Phi) is 11.5. The van der Waals surface area contributed by atoms with Crippen molar-refractivity contribution < 1.29 is 14.6 Å². The number of carbonyl (C=O) groups is 1. The Morgan fingerprint density at radius 1 is 0.870 bits per heavy atom. The fraction of sp³-hybridized carbons (Fsp3) is 0.450. The van der Waals surface area contributed by atoms with E-state index < -0.39 is 5.97 Å². The van der Waals surface area contributed by atoms with Gasteiger partial charge in [0.15, 0.2) is 0 Å². The molecule has 126 valence electrons. The van der Waals surface area contributed by atoms with Crippen molar-refractivity contribution in [1.82, 2.24) is 0 Å². The van der Waals surface area contributed by atoms with Crippen LogP contribution in [0.4, 0.5) is 0 Å². The molecule has 0 amide bonds. The lowest BCUT2D eigenvalue weighted by Gasteiger charge is -1.98. The van der Waals surface area contributed by atoms with E-state index in [1.807, 2.05) is 24.3 Å². The molecule has 0 aliphatic carbocycles. The number of allylic oxidation sites excluding steroid dienone is 9. The van der Waals surface area contributed by atoms with E-state index in [0.29, 0.717) is 6.10 Å². The highest BCUT2D eigenvalue weighted by atomic mass is 16.6. The summed E-state index contributed by atoms with van der Waals surface area (Å²) < 4.78 is 5.19. The maximum Gasteiger partial charge on any atom is 0.328 e. The van der Waals surface area contributed by atoms with Crippen LogP contribution < -0.4 is 0 Å². The van der Waals surface area contributed by atoms with E-state index in [-0.39, 0.29) is 0 Å². The highest BCUT2D eigenvalue weighted by Gasteiger charge is 2.20. The van der Waals surface area contributed by atoms with E-state index in [1.165, 1.54) is 44.6 Å². The van der Waals surface area contributed by atoms with Crippen LogP contribution in [0.25, 0.3) is 0 Å². The first kappa shape index (κ1) is 19.2. The SMILES string of the molecule is O=C(O)/C=C/C=C/C=C/C=C/C=C/CCCCCCCC1CO1. The second-order valence-electron chi connectivity index (χ2n) is 5.58. The average Bonchev–Trinajstić information content (AvgIpc) is 3.34. The van der Waals surface area contributed by atoms with Gasteiger partial charge >= 0.3 is 5.97 Å². The number of rotatable bonds is 13. The molecule has 1 saturated heterocycles. The fourth-order valence-electron chi connectivity index (χ4n) is 2.10. The number of unbranched alkanes of at least 4 members (excludes halogenated alkanes) is 5. The maximum absolute atomic E-state index is 10.2. The Hall–Kier alpha value is -1.87. The lowest BCUT2D eigenvalue weighted by Crippen LogP contribution is -1.85. The van der Waals surface area contributed by atoms with Gasteiger partial charge in [-0.25, -0.2) is 4.79 Å². The topological polar surface area (TPSA) is 49.8 Å². The molecular formula is C20H28O3. The third kappa shape index (κ3) is 14.8. The van der Waals surface area contributed by atoms with Gasteiger partial charge in [-0.1, -0.05) is 80.4 Å². The van der Waals surface area contributed by atoms with Gasteiger partial charge in [-0.05, 0) is 19.3 Å². The summed E-state index contributed by atoms with van der Waals surface area (Å²) in [6, 6.07) is 0. The zero-order chi connectivity index (χ0) is 16.6. The van der Waals surface area contributed by atoms with Crippen LogP contribution in [-0.4, -0.2) is 23.8 Å². The lowest BCUT2D eigenvalue weighted by molar-refractivity contribution is -0.131. The van der Waals surface area contributed by atoms with Crippen molar-refractivity contribution in [3.8, 4) is 0 Å². The van der Waals surface area contributed by atoms with Crippen LogP contribution in [0.2, 0.25) is 0 Å². The molecule has 0 bridgehead atoms. The van der Waals surface area contributed by atoms with Gasteiger partial charge in [0.1, 0.15) is 0 Å². The summed E-state index contributed by atoms with van der Waals surface area (Å²) >= 11 is 0. The van der Waals surface area contributed by atoms with Crippen LogP contribution in [0, 0.1) is 0 Å². The van der Waals surface area contributed by atoms with Crippen LogP contribution in [0.1, 0.15) is 44.9 Å². The van der Waals surface area contributed by atoms with Gasteiger partial charge in [0.2, 0.25) is 0 Å². The summed E-state index contributed by atoms with van der Waals surface area (Å²) in [5.74, 6) is -0.934. The first-order valence-electron chi connectivity index (χ1n) is 8.47. The predicted octanol–water partition coefficient (Wildman–Crippen LogP) is 4.98. The molecule has 0 spiro atoms. The summed E-state index contributed by atoms with van der Waals surface area (Å²) in [6.07, 6.45) is 27.6. The molecule has 1 fully saturated rings. The van der Waals surface area contributed by atoms with Crippen molar-refractivity contribution in [1.29, 1.82) is 0 Å². The third-order valence-electron chi connectivity index (χ3n) is 3.45. The standard InChI is InChI=1S/C20H28O3/c21-20(22)17-15-13-11-9-7-5-3-1-2-4-6-8-10-12-14-16-19-18-23-19/h1-3,5,7,9,11,13,15,17,19H,4,6,8,10,12,14,16,18H2,(H,21,22)/b2-1+,5-3+,9-7+,13-11+,17-15+. The largest absolute Gasteiger partial charge is 0.478 e. The number of carboxylic acid groups (broad SMARTS) is 1. The van der Waals surface area contributed by atoms with Gasteiger partial charge in [0, 0.05) is 6.08 Å². The minimum absolute atomic E-state index is 0.593. The molecule has 1 N–H and O–H groups in total. The van der Waals surface area contributed by atoms with Gasteiger partial charge in [0.25, 0.3) is 0 Å². The first-order valence-corrected chi connectivity index (χ1v) is 8.47. The minimum atomic E-state index is -0.934. The summed E-state index contributed by atoms with van der Waals surface area (Å²) in [5, 5.41) is 8.39. The van der Waals surface area contributed by atoms with Crippen LogP contribution in [-0.2, 0) is 9.53 Å². The van der Waals surface area contributed by atoms with Crippen LogP contribution >= 0.6 is 0 Å². The van der Waals surface area contributed by atoms with E-state index in [0.717, 1.165) is 19.1 Å². The van der Waals surface area contributed by atoms with Crippen molar-refractivity contribution in [3.05, 3.63) is 60.8 Å². The summed E-state index contributed by atoms with van der Waals surface area (Å²) in [5.41, 5.74) is 0. The molecule has 0 aromatic carbocycles. The van der Waals surface area contributed by atoms with Crippen LogP contribution in [0.3, 0.4) is 0 Å². The first-order chi connectivity index (χ1) is 11.3. The molecule has 1 aliphatic heterocycles. The van der Waals surface area contributed by atoms with Crippen molar-refractivity contribution in [2.75, 3.05) is 6.61 Å². The van der Waals surface area contributed by atoms with E-state index in [2.05, 4.69) is 12.2 Å². The van der Waals surface area contributed by atoms with Gasteiger partial charge < -0.3 is 9.84 Å². The molecule has 0 aromatic heterocycles. The molecule has 1 rings (SSSR count). The van der Waals surface area contributed by atoms with Crippen LogP contribution in [0.5, 0.6) is 0 Å². The van der Waals surface area contributed by atoms with E-state index in [4.69, 9.17) is 9.84 Å². The molecule has 1 aliphatic rings. The molecule has 1 heterocycles. The number of ether oxygens (including phenoxy) is 1. The molecule has 0 radical (unpaired) electrons. The molecule has 1 unspecified atom stereocenters. The number of carboxylic acids is 1. The Labute approximate surface area is 139 Å². The van der Waals surface area contributed by atoms with Gasteiger partial charge in [0.05, 0.1) is 12.7 Å². The molecule has 3 nitrogen and oxygen atoms in total. The monoisotopic (exact) mass is 316 g/mol. The molecule has 1 atom stereocenters. The minimum Gasteiger partial charge on any atom is -0.478 e. The zero-order valence-electron chi connectivity index (χ0n) is 13.8. The van der Waals surface area contributed by atoms with Gasteiger partial charge in [-0.2, -0.15) is 0 Å². The van der Waals surface area contributed by atoms with Crippen molar-refractivity contribution in [3.63, 3.8) is 0 Å². The van der Waals surface area contributed by atoms with Crippen molar-refractivity contribution in [2.24, 2.45) is 0 Å². The van der Waals surface area contributed by atoms with E-state index in [9.17, 15) is 4.79 Å². The normalized spacial score (nSPS) is 18.3. The van der Waals surface area contributed by atoms with E-state index in [1.54, 1.807) is 12.2 Å². The molecule has 23 heavy (non-hydrogen) atoms. The van der Waals surface area contributed by atoms with E-state index >= 15 is 0 Å². The molecule has 3 heteroatoms. The Balaban J connectivity index is 1.88. The summed E-state index contributed by atoms with van der Waals surface area (Å²) in [7, 11) is 0. The second kappa shape index (κ2) is 13.8. The third-order valence-corrected chi connectivity index (χ3v) is 3.45. The van der Waals surface area contributed by atoms with Crippen LogP contribution in [0.15, 0.2) is 60.8 Å². The fourth-order valence-corrected chi connectivity index (χ4v) is 2.10. The summed E-state index contributed by atoms with van der Waals surface area (Å²) in [6.45, 7) is 0.992. The molecule has 0 saturated carbocycles. The van der Waals surface area contributed by atoms with Crippen molar-refractivity contribution >= 4 is 5.97 Å². The number of aliphatic carboxylic acids is 1. The molecular weight excluding hydrogens is 288 g/mol. The number of epoxide rings is 1. The Morgan fingerprint density at radius 2 is 1.43 bits per heavy atom. The predicted molar refractivity (Wildman–Crippen MR) is 95.4 cm³/mol. The van der Waals surface area contributed by atoms with Gasteiger partial charge in [-0.3, -0.25) is 0 Å². The quantitative estimate of drug-likeness (QED) is 0.225. The average molecular weight is 316 g/mol. The number of hydrogen-bond donors (Lipinski definition) is 1. The number of hydrogen-bond acceptors (Lipinski definition) is 2. The lowest BCUT2D eigenvalue weighted by atomic mass is 10.1. The Morgan fingerprint density at radius 3 is 2.09 bits per heavy atom. The maximum atomic E-state index is 10.2. The van der Waals surface area contributed by atoms with Crippen molar-refractivity contribution in [2.45, 2.75) is 51.0 Å². The summed E-state index contributed by atoms with van der Waals surface area (Å²) in [4.78, 5) is 10.2. The molecule has 0 aromatic rings. The highest BCUT2D eigenvalue weighted by Crippen LogP contribution is 2.17. The zero-order valence-corrected chi connectivity index (χ0v) is 13.8. The highest BCUT2D eigenvalue weighted by molar-refractivity contribution is 5.80. The van der Waals surface area contributed by atoms with Gasteiger partial charge in [-0.15, -0.1) is 0 Å².